The highest BCUT2D eigenvalue weighted by atomic mass is 15.1. The number of nitrogens with zero attached hydrogens (tertiary/aromatic N) is 2. The molecule has 0 saturated heterocycles. The molecule has 3 heteroatoms. The molecule has 94 valence electrons. The van der Waals surface area contributed by atoms with Gasteiger partial charge in [-0.1, -0.05) is 13.8 Å². The minimum atomic E-state index is -0.445. The third-order valence-corrected chi connectivity index (χ3v) is 2.53. The summed E-state index contributed by atoms with van der Waals surface area (Å²) in [6, 6.07) is 2.71. The maximum atomic E-state index is 9.22. The van der Waals surface area contributed by atoms with Gasteiger partial charge in [0, 0.05) is 12.6 Å². The molecule has 0 aliphatic heterocycles. The van der Waals surface area contributed by atoms with Crippen LogP contribution in [0.3, 0.4) is 0 Å². The highest BCUT2D eigenvalue weighted by Gasteiger charge is 2.25. The molecule has 0 aromatic carbocycles. The number of likely N-dealkylation sites (N-methyl/N-ethyl adjacent to an activating group) is 1. The van der Waals surface area contributed by atoms with Gasteiger partial charge in [-0.25, -0.2) is 0 Å². The Hall–Kier alpha value is -0.590. The molecular formula is C13H27N3. The summed E-state index contributed by atoms with van der Waals surface area (Å²) in [6.45, 7) is 12.4. The molecule has 0 amide bonds. The van der Waals surface area contributed by atoms with Crippen molar-refractivity contribution in [2.75, 3.05) is 20.1 Å². The monoisotopic (exact) mass is 225 g/mol. The molecule has 1 unspecified atom stereocenters. The lowest BCUT2D eigenvalue weighted by Gasteiger charge is -2.31. The average molecular weight is 225 g/mol. The Balaban J connectivity index is 4.16. The Labute approximate surface area is 101 Å². The third-order valence-electron chi connectivity index (χ3n) is 2.53. The van der Waals surface area contributed by atoms with Crippen LogP contribution >= 0.6 is 0 Å². The van der Waals surface area contributed by atoms with Gasteiger partial charge in [0.15, 0.2) is 0 Å². The van der Waals surface area contributed by atoms with Crippen molar-refractivity contribution < 1.29 is 0 Å². The van der Waals surface area contributed by atoms with Crippen molar-refractivity contribution in [2.24, 2.45) is 5.92 Å². The molecule has 0 aliphatic rings. The molecule has 0 spiro atoms. The average Bonchev–Trinajstić information content (AvgIpc) is 2.13. The van der Waals surface area contributed by atoms with Gasteiger partial charge < -0.3 is 4.90 Å². The number of rotatable bonds is 7. The van der Waals surface area contributed by atoms with E-state index in [-0.39, 0.29) is 0 Å². The molecule has 0 aromatic heterocycles. The van der Waals surface area contributed by atoms with Gasteiger partial charge >= 0.3 is 0 Å². The van der Waals surface area contributed by atoms with Crippen LogP contribution in [0.1, 0.15) is 41.0 Å². The first-order valence-electron chi connectivity index (χ1n) is 6.16. The quantitative estimate of drug-likeness (QED) is 0.722. The predicted molar refractivity (Wildman–Crippen MR) is 69.2 cm³/mol. The SMILES string of the molecule is CC(C)CCN(C)CC(C)(C#N)NC(C)C. The topological polar surface area (TPSA) is 39.1 Å². The zero-order valence-corrected chi connectivity index (χ0v) is 11.7. The first-order chi connectivity index (χ1) is 7.29. The Kier molecular flexibility index (Phi) is 6.62. The lowest BCUT2D eigenvalue weighted by Crippen LogP contribution is -2.52. The normalized spacial score (nSPS) is 15.5. The van der Waals surface area contributed by atoms with Crippen LogP contribution in [0.5, 0.6) is 0 Å². The zero-order chi connectivity index (χ0) is 12.8. The van der Waals surface area contributed by atoms with Crippen LogP contribution < -0.4 is 5.32 Å². The molecule has 3 nitrogen and oxygen atoms in total. The van der Waals surface area contributed by atoms with E-state index in [1.54, 1.807) is 0 Å². The van der Waals surface area contributed by atoms with Crippen molar-refractivity contribution in [3.05, 3.63) is 0 Å². The van der Waals surface area contributed by atoms with Gasteiger partial charge in [-0.15, -0.1) is 0 Å². The van der Waals surface area contributed by atoms with E-state index >= 15 is 0 Å². The third kappa shape index (κ3) is 6.81. The predicted octanol–water partition coefficient (Wildman–Crippen LogP) is 2.24. The van der Waals surface area contributed by atoms with E-state index < -0.39 is 5.54 Å². The minimum absolute atomic E-state index is 0.336. The van der Waals surface area contributed by atoms with Crippen LogP contribution in [-0.4, -0.2) is 36.6 Å². The van der Waals surface area contributed by atoms with Gasteiger partial charge in [0.2, 0.25) is 0 Å². The summed E-state index contributed by atoms with van der Waals surface area (Å²) in [7, 11) is 2.08. The number of nitrogens with one attached hydrogen (secondary N) is 1. The lowest BCUT2D eigenvalue weighted by molar-refractivity contribution is 0.240. The summed E-state index contributed by atoms with van der Waals surface area (Å²) in [5.41, 5.74) is -0.445. The van der Waals surface area contributed by atoms with E-state index in [1.807, 2.05) is 6.92 Å². The van der Waals surface area contributed by atoms with Crippen LogP contribution in [0, 0.1) is 17.2 Å². The molecular weight excluding hydrogens is 198 g/mol. The number of nitriles is 1. The summed E-state index contributed by atoms with van der Waals surface area (Å²) in [5, 5.41) is 12.5. The van der Waals surface area contributed by atoms with Gasteiger partial charge in [0.05, 0.1) is 6.07 Å². The van der Waals surface area contributed by atoms with E-state index in [4.69, 9.17) is 0 Å². The van der Waals surface area contributed by atoms with E-state index in [0.717, 1.165) is 13.1 Å². The maximum absolute atomic E-state index is 9.22. The van der Waals surface area contributed by atoms with Gasteiger partial charge in [-0.2, -0.15) is 5.26 Å². The zero-order valence-electron chi connectivity index (χ0n) is 11.7. The molecule has 0 heterocycles. The van der Waals surface area contributed by atoms with Crippen LogP contribution in [-0.2, 0) is 0 Å². The van der Waals surface area contributed by atoms with Crippen molar-refractivity contribution in [1.29, 1.82) is 5.26 Å². The van der Waals surface area contributed by atoms with Crippen LogP contribution in [0.2, 0.25) is 0 Å². The molecule has 0 bridgehead atoms. The molecule has 0 fully saturated rings. The first kappa shape index (κ1) is 15.4. The van der Waals surface area contributed by atoms with Crippen molar-refractivity contribution in [3.63, 3.8) is 0 Å². The summed E-state index contributed by atoms with van der Waals surface area (Å²) in [5.74, 6) is 0.717. The summed E-state index contributed by atoms with van der Waals surface area (Å²) < 4.78 is 0. The smallest absolute Gasteiger partial charge is 0.116 e. The second-order valence-corrected chi connectivity index (χ2v) is 5.66. The van der Waals surface area contributed by atoms with Crippen molar-refractivity contribution in [1.82, 2.24) is 10.2 Å². The van der Waals surface area contributed by atoms with Gasteiger partial charge in [0.1, 0.15) is 5.54 Å². The fraction of sp³-hybridized carbons (Fsp3) is 0.923. The number of hydrogen-bond acceptors (Lipinski definition) is 3. The van der Waals surface area contributed by atoms with Crippen LogP contribution in [0.25, 0.3) is 0 Å². The van der Waals surface area contributed by atoms with Gasteiger partial charge in [-0.3, -0.25) is 5.32 Å². The summed E-state index contributed by atoms with van der Waals surface area (Å²) >= 11 is 0. The Morgan fingerprint density at radius 2 is 1.88 bits per heavy atom. The van der Waals surface area contributed by atoms with E-state index in [9.17, 15) is 5.26 Å². The molecule has 1 N–H and O–H groups in total. The van der Waals surface area contributed by atoms with Gasteiger partial charge in [0.25, 0.3) is 0 Å². The Morgan fingerprint density at radius 1 is 1.31 bits per heavy atom. The largest absolute Gasteiger partial charge is 0.303 e. The first-order valence-corrected chi connectivity index (χ1v) is 6.16. The fourth-order valence-electron chi connectivity index (χ4n) is 1.85. The second-order valence-electron chi connectivity index (χ2n) is 5.66. The van der Waals surface area contributed by atoms with Crippen LogP contribution in [0.15, 0.2) is 0 Å². The van der Waals surface area contributed by atoms with E-state index in [0.29, 0.717) is 12.0 Å². The molecule has 0 saturated carbocycles. The lowest BCUT2D eigenvalue weighted by atomic mass is 10.0. The standard InChI is InChI=1S/C13H27N3/c1-11(2)7-8-16(6)10-13(5,9-14)15-12(3)4/h11-12,15H,7-8,10H2,1-6H3. The highest BCUT2D eigenvalue weighted by molar-refractivity contribution is 5.06. The number of hydrogen-bond donors (Lipinski definition) is 1. The molecule has 0 aromatic rings. The molecule has 0 aliphatic carbocycles. The summed E-state index contributed by atoms with van der Waals surface area (Å²) in [4.78, 5) is 2.23. The Morgan fingerprint density at radius 3 is 2.25 bits per heavy atom. The van der Waals surface area contributed by atoms with Gasteiger partial charge in [-0.05, 0) is 46.7 Å². The van der Waals surface area contributed by atoms with E-state index in [1.165, 1.54) is 6.42 Å². The highest BCUT2D eigenvalue weighted by Crippen LogP contribution is 2.08. The molecule has 16 heavy (non-hydrogen) atoms. The van der Waals surface area contributed by atoms with Crippen molar-refractivity contribution in [3.8, 4) is 6.07 Å². The minimum Gasteiger partial charge on any atom is -0.303 e. The second kappa shape index (κ2) is 6.88. The molecule has 0 rings (SSSR count). The fourth-order valence-corrected chi connectivity index (χ4v) is 1.85. The van der Waals surface area contributed by atoms with Crippen molar-refractivity contribution in [2.45, 2.75) is 52.6 Å². The van der Waals surface area contributed by atoms with Crippen molar-refractivity contribution >= 4 is 0 Å². The maximum Gasteiger partial charge on any atom is 0.116 e. The molecule has 1 atom stereocenters. The van der Waals surface area contributed by atoms with Crippen LogP contribution in [0.4, 0.5) is 0 Å². The van der Waals surface area contributed by atoms with E-state index in [2.05, 4.69) is 51.0 Å². The Bertz CT molecular complexity index is 230. The summed E-state index contributed by atoms with van der Waals surface area (Å²) in [6.07, 6.45) is 1.18. The molecule has 0 radical (unpaired) electrons.